The van der Waals surface area contributed by atoms with Gasteiger partial charge < -0.3 is 0 Å². The molecule has 1 aliphatic heterocycles. The van der Waals surface area contributed by atoms with E-state index in [0.29, 0.717) is 5.92 Å². The third kappa shape index (κ3) is 2.01. The Kier molecular flexibility index (Phi) is 2.95. The van der Waals surface area contributed by atoms with Crippen molar-refractivity contribution in [3.05, 3.63) is 12.3 Å². The van der Waals surface area contributed by atoms with Gasteiger partial charge >= 0.3 is 0 Å². The smallest absolute Gasteiger partial charge is 0.151 e. The first kappa shape index (κ1) is 11.3. The van der Waals surface area contributed by atoms with E-state index >= 15 is 0 Å². The van der Waals surface area contributed by atoms with E-state index in [-0.39, 0.29) is 5.50 Å². The fraction of sp³-hybridized carbons (Fsp3) is 0.692. The van der Waals surface area contributed by atoms with Crippen LogP contribution in [-0.4, -0.2) is 15.5 Å². The fourth-order valence-corrected chi connectivity index (χ4v) is 3.42. The Morgan fingerprint density at radius 2 is 2.18 bits per heavy atom. The minimum absolute atomic E-state index is 0.0540. The molecule has 0 saturated heterocycles. The number of rotatable bonds is 1. The van der Waals surface area contributed by atoms with Gasteiger partial charge in [0.05, 0.1) is 6.20 Å². The number of aromatic nitrogens is 2. The molecule has 3 atom stereocenters. The minimum Gasteiger partial charge on any atom is -0.238 e. The van der Waals surface area contributed by atoms with Crippen LogP contribution in [0.5, 0.6) is 0 Å². The topological polar surface area (TPSA) is 30.2 Å². The summed E-state index contributed by atoms with van der Waals surface area (Å²) in [7, 11) is 0. The van der Waals surface area contributed by atoms with Gasteiger partial charge in [0.1, 0.15) is 5.50 Å². The first-order valence-electron chi connectivity index (χ1n) is 6.51. The lowest BCUT2D eigenvalue weighted by molar-refractivity contribution is 0.319. The Hall–Kier alpha value is -0.830. The molecule has 1 fully saturated rings. The van der Waals surface area contributed by atoms with Crippen LogP contribution in [0.1, 0.15) is 44.5 Å². The molecule has 0 radical (unpaired) electrons. The van der Waals surface area contributed by atoms with Crippen LogP contribution in [0.4, 0.5) is 5.82 Å². The molecule has 4 heteroatoms. The van der Waals surface area contributed by atoms with Crippen LogP contribution in [0, 0.1) is 11.8 Å². The van der Waals surface area contributed by atoms with Gasteiger partial charge in [-0.2, -0.15) is 5.10 Å². The van der Waals surface area contributed by atoms with Gasteiger partial charge in [0.2, 0.25) is 0 Å². The first-order chi connectivity index (χ1) is 8.25. The van der Waals surface area contributed by atoms with E-state index in [4.69, 9.17) is 16.6 Å². The Balaban J connectivity index is 1.89. The maximum Gasteiger partial charge on any atom is 0.151 e. The third-order valence-electron chi connectivity index (χ3n) is 4.09. The molecule has 0 spiro atoms. The van der Waals surface area contributed by atoms with Crippen molar-refractivity contribution in [1.29, 1.82) is 0 Å². The van der Waals surface area contributed by atoms with Crippen molar-refractivity contribution in [3.63, 3.8) is 0 Å². The van der Waals surface area contributed by atoms with E-state index in [0.717, 1.165) is 18.2 Å². The van der Waals surface area contributed by atoms with Crippen molar-refractivity contribution in [1.82, 2.24) is 9.78 Å². The lowest BCUT2D eigenvalue weighted by atomic mass is 9.76. The summed E-state index contributed by atoms with van der Waals surface area (Å²) in [6.45, 7) is 2.35. The molecule has 1 aromatic rings. The van der Waals surface area contributed by atoms with Crippen LogP contribution < -0.4 is 0 Å². The molecule has 2 heterocycles. The predicted molar refractivity (Wildman–Crippen MR) is 70.0 cm³/mol. The van der Waals surface area contributed by atoms with Gasteiger partial charge in [0.15, 0.2) is 5.82 Å². The highest BCUT2D eigenvalue weighted by Gasteiger charge is 2.30. The number of nitrogens with zero attached hydrogens (tertiary/aromatic N) is 3. The van der Waals surface area contributed by atoms with E-state index in [9.17, 15) is 0 Å². The Morgan fingerprint density at radius 3 is 3.00 bits per heavy atom. The van der Waals surface area contributed by atoms with Gasteiger partial charge in [-0.15, -0.1) is 0 Å². The van der Waals surface area contributed by atoms with E-state index in [1.165, 1.54) is 31.4 Å². The monoisotopic (exact) mass is 251 g/mol. The Morgan fingerprint density at radius 1 is 1.35 bits per heavy atom. The van der Waals surface area contributed by atoms with Gasteiger partial charge in [0, 0.05) is 24.1 Å². The summed E-state index contributed by atoms with van der Waals surface area (Å²) >= 11 is 6.37. The highest BCUT2D eigenvalue weighted by Crippen LogP contribution is 2.37. The summed E-state index contributed by atoms with van der Waals surface area (Å²) in [5.74, 6) is 2.30. The third-order valence-corrected chi connectivity index (χ3v) is 4.43. The molecule has 0 amide bonds. The molecule has 2 aliphatic rings. The average molecular weight is 252 g/mol. The zero-order valence-electron chi connectivity index (χ0n) is 10.1. The quantitative estimate of drug-likeness (QED) is 0.696. The van der Waals surface area contributed by atoms with E-state index in [1.54, 1.807) is 6.20 Å². The molecule has 3 rings (SSSR count). The summed E-state index contributed by atoms with van der Waals surface area (Å²) in [5, 5.41) is 4.21. The highest BCUT2D eigenvalue weighted by atomic mass is 35.5. The lowest BCUT2D eigenvalue weighted by Gasteiger charge is -2.32. The largest absolute Gasteiger partial charge is 0.238 e. The van der Waals surface area contributed by atoms with Crippen molar-refractivity contribution in [3.8, 4) is 0 Å². The second kappa shape index (κ2) is 4.45. The SMILES string of the molecule is CC1CCCCC1C1=Nc2ccnn2C(Cl)C1. The molecule has 17 heavy (non-hydrogen) atoms. The molecule has 3 unspecified atom stereocenters. The normalized spacial score (nSPS) is 33.1. The van der Waals surface area contributed by atoms with Crippen LogP contribution in [0.15, 0.2) is 17.3 Å². The van der Waals surface area contributed by atoms with Gasteiger partial charge in [-0.1, -0.05) is 37.8 Å². The summed E-state index contributed by atoms with van der Waals surface area (Å²) in [5.41, 5.74) is 1.24. The number of halogens is 1. The number of fused-ring (bicyclic) bond motifs is 1. The highest BCUT2D eigenvalue weighted by molar-refractivity contribution is 6.20. The van der Waals surface area contributed by atoms with Crippen LogP contribution >= 0.6 is 11.6 Å². The minimum atomic E-state index is -0.0540. The van der Waals surface area contributed by atoms with Crippen molar-refractivity contribution in [2.75, 3.05) is 0 Å². The number of hydrogen-bond donors (Lipinski definition) is 0. The van der Waals surface area contributed by atoms with E-state index in [2.05, 4.69) is 12.0 Å². The molecular formula is C13H18ClN3. The Labute approximate surface area is 107 Å². The summed E-state index contributed by atoms with van der Waals surface area (Å²) < 4.78 is 1.82. The molecule has 0 N–H and O–H groups in total. The zero-order chi connectivity index (χ0) is 11.8. The zero-order valence-corrected chi connectivity index (χ0v) is 10.9. The standard InChI is InChI=1S/C13H18ClN3/c1-9-4-2-3-5-10(9)11-8-12(14)17-13(16-11)6-7-15-17/h6-7,9-10,12H,2-5,8H2,1H3. The van der Waals surface area contributed by atoms with Crippen LogP contribution in [0.25, 0.3) is 0 Å². The van der Waals surface area contributed by atoms with Gasteiger partial charge in [-0.25, -0.2) is 9.67 Å². The lowest BCUT2D eigenvalue weighted by Crippen LogP contribution is -2.29. The second-order valence-electron chi connectivity index (χ2n) is 5.24. The molecule has 0 bridgehead atoms. The van der Waals surface area contributed by atoms with Crippen LogP contribution in [0.2, 0.25) is 0 Å². The summed E-state index contributed by atoms with van der Waals surface area (Å²) in [6, 6.07) is 1.95. The first-order valence-corrected chi connectivity index (χ1v) is 6.94. The molecule has 1 aliphatic carbocycles. The number of hydrogen-bond acceptors (Lipinski definition) is 2. The van der Waals surface area contributed by atoms with Gasteiger partial charge in [0.25, 0.3) is 0 Å². The van der Waals surface area contributed by atoms with Crippen LogP contribution in [-0.2, 0) is 0 Å². The maximum absolute atomic E-state index is 6.37. The molecule has 0 aromatic carbocycles. The summed E-state index contributed by atoms with van der Waals surface area (Å²) in [4.78, 5) is 4.76. The molecule has 92 valence electrons. The molecule has 3 nitrogen and oxygen atoms in total. The number of alkyl halides is 1. The molecule has 1 saturated carbocycles. The second-order valence-corrected chi connectivity index (χ2v) is 5.75. The van der Waals surface area contributed by atoms with Crippen LogP contribution in [0.3, 0.4) is 0 Å². The number of aliphatic imine (C=N–C) groups is 1. The average Bonchev–Trinajstić information content (AvgIpc) is 2.78. The molecule has 1 aromatic heterocycles. The summed E-state index contributed by atoms with van der Waals surface area (Å²) in [6.07, 6.45) is 7.94. The van der Waals surface area contributed by atoms with Crippen molar-refractivity contribution < 1.29 is 0 Å². The fourth-order valence-electron chi connectivity index (χ4n) is 3.11. The maximum atomic E-state index is 6.37. The Bertz CT molecular complexity index is 438. The van der Waals surface area contributed by atoms with Crippen molar-refractivity contribution in [2.24, 2.45) is 16.8 Å². The van der Waals surface area contributed by atoms with E-state index < -0.39 is 0 Å². The predicted octanol–water partition coefficient (Wildman–Crippen LogP) is 3.92. The van der Waals surface area contributed by atoms with Crippen molar-refractivity contribution >= 4 is 23.1 Å². The van der Waals surface area contributed by atoms with Gasteiger partial charge in [-0.05, 0) is 12.3 Å². The molecular weight excluding hydrogens is 234 g/mol. The van der Waals surface area contributed by atoms with E-state index in [1.807, 2.05) is 10.7 Å². The van der Waals surface area contributed by atoms with Gasteiger partial charge in [-0.3, -0.25) is 0 Å². The van der Waals surface area contributed by atoms with Crippen molar-refractivity contribution in [2.45, 2.75) is 44.5 Å².